The zero-order chi connectivity index (χ0) is 22.2. The molecule has 0 atom stereocenters. The summed E-state index contributed by atoms with van der Waals surface area (Å²) in [5.74, 6) is -2.44. The number of carbonyl (C=O) groups excluding carboxylic acids is 2. The van der Waals surface area contributed by atoms with Crippen molar-refractivity contribution in [2.24, 2.45) is 5.73 Å². The monoisotopic (exact) mass is 477 g/mol. The number of anilines is 1. The minimum Gasteiger partial charge on any atom is -0.506 e. The lowest BCUT2D eigenvalue weighted by molar-refractivity contribution is -0.137. The number of halogens is 4. The quantitative estimate of drug-likeness (QED) is 0.416. The topological polar surface area (TPSA) is 125 Å². The molecule has 3 rings (SSSR count). The Morgan fingerprint density at radius 1 is 1.30 bits per heavy atom. The highest BCUT2D eigenvalue weighted by Crippen LogP contribution is 2.40. The number of hydrogen-bond acceptors (Lipinski definition) is 6. The number of H-pyrrole nitrogens is 1. The van der Waals surface area contributed by atoms with Crippen molar-refractivity contribution in [3.05, 3.63) is 50.8 Å². The van der Waals surface area contributed by atoms with Gasteiger partial charge >= 0.3 is 6.18 Å². The van der Waals surface area contributed by atoms with Gasteiger partial charge < -0.3 is 21.1 Å². The molecule has 0 fully saturated rings. The average Bonchev–Trinajstić information content (AvgIpc) is 2.97. The van der Waals surface area contributed by atoms with E-state index in [0.717, 1.165) is 47.4 Å². The number of aromatic hydroxyl groups is 1. The standard InChI is InChI=1S/C17H11ClF3N3O4S2/c18-6-1-2-7(17(19,20)21)8(3-6)23-11(27)5-29-16-12(15(22)28)13-14(30-16)9(25)4-10(26)24-13/h1-4H,5H2,(H2,22,28)(H,23,27)(H2,24,25,26). The molecule has 0 aliphatic carbocycles. The number of pyridine rings is 1. The van der Waals surface area contributed by atoms with Gasteiger partial charge in [0.1, 0.15) is 5.75 Å². The van der Waals surface area contributed by atoms with Gasteiger partial charge in [0.2, 0.25) is 5.91 Å². The molecule has 2 heterocycles. The zero-order valence-electron chi connectivity index (χ0n) is 14.6. The molecule has 13 heteroatoms. The van der Waals surface area contributed by atoms with Crippen LogP contribution < -0.4 is 16.6 Å². The van der Waals surface area contributed by atoms with E-state index in [1.165, 1.54) is 0 Å². The Balaban J connectivity index is 1.86. The van der Waals surface area contributed by atoms with Crippen molar-refractivity contribution in [1.82, 2.24) is 4.98 Å². The first kappa shape index (κ1) is 22.0. The SMILES string of the molecule is NC(=O)c1c(SCC(=O)Nc2cc(Cl)ccc2C(F)(F)F)sc2c(O)cc(=O)[nH]c12. The number of nitrogens with two attached hydrogens (primary N) is 1. The van der Waals surface area contributed by atoms with Crippen LogP contribution in [-0.2, 0) is 11.0 Å². The molecule has 0 aliphatic heterocycles. The largest absolute Gasteiger partial charge is 0.506 e. The smallest absolute Gasteiger partial charge is 0.418 e. The number of fused-ring (bicyclic) bond motifs is 1. The molecule has 2 amide bonds. The molecule has 2 aromatic heterocycles. The van der Waals surface area contributed by atoms with Crippen LogP contribution >= 0.6 is 34.7 Å². The van der Waals surface area contributed by atoms with Crippen molar-refractivity contribution in [1.29, 1.82) is 0 Å². The molecular weight excluding hydrogens is 467 g/mol. The van der Waals surface area contributed by atoms with Crippen molar-refractivity contribution < 1.29 is 27.9 Å². The fraction of sp³-hybridized carbons (Fsp3) is 0.118. The average molecular weight is 478 g/mol. The van der Waals surface area contributed by atoms with Gasteiger partial charge in [-0.05, 0) is 18.2 Å². The number of thioether (sulfide) groups is 1. The van der Waals surface area contributed by atoms with E-state index in [1.54, 1.807) is 0 Å². The maximum Gasteiger partial charge on any atom is 0.418 e. The number of thiophene rings is 1. The summed E-state index contributed by atoms with van der Waals surface area (Å²) >= 11 is 7.45. The summed E-state index contributed by atoms with van der Waals surface area (Å²) in [4.78, 5) is 38.0. The van der Waals surface area contributed by atoms with Gasteiger partial charge in [-0.3, -0.25) is 14.4 Å². The van der Waals surface area contributed by atoms with Gasteiger partial charge in [0.15, 0.2) is 0 Å². The lowest BCUT2D eigenvalue weighted by atomic mass is 10.1. The Morgan fingerprint density at radius 2 is 2.00 bits per heavy atom. The number of hydrogen-bond donors (Lipinski definition) is 4. The summed E-state index contributed by atoms with van der Waals surface area (Å²) < 4.78 is 39.7. The number of aromatic amines is 1. The number of rotatable bonds is 5. The Labute approximate surface area is 179 Å². The van der Waals surface area contributed by atoms with Crippen LogP contribution in [0, 0.1) is 0 Å². The molecule has 158 valence electrons. The molecule has 0 bridgehead atoms. The number of aromatic nitrogens is 1. The van der Waals surface area contributed by atoms with E-state index < -0.39 is 34.8 Å². The molecule has 0 saturated carbocycles. The van der Waals surface area contributed by atoms with Crippen molar-refractivity contribution in [2.75, 3.05) is 11.1 Å². The van der Waals surface area contributed by atoms with Crippen LogP contribution in [0.1, 0.15) is 15.9 Å². The van der Waals surface area contributed by atoms with E-state index in [0.29, 0.717) is 0 Å². The maximum atomic E-state index is 13.1. The second kappa shape index (κ2) is 8.20. The van der Waals surface area contributed by atoms with Crippen molar-refractivity contribution >= 4 is 62.4 Å². The molecule has 0 saturated heterocycles. The summed E-state index contributed by atoms with van der Waals surface area (Å²) in [5, 5.41) is 12.1. The summed E-state index contributed by atoms with van der Waals surface area (Å²) in [5.41, 5.74) is 3.05. The van der Waals surface area contributed by atoms with Crippen LogP contribution in [0.25, 0.3) is 10.2 Å². The summed E-state index contributed by atoms with van der Waals surface area (Å²) in [6, 6.07) is 3.70. The Kier molecular flexibility index (Phi) is 6.01. The third-order valence-corrected chi connectivity index (χ3v) is 6.48. The van der Waals surface area contributed by atoms with Crippen LogP contribution in [0.3, 0.4) is 0 Å². The molecule has 5 N–H and O–H groups in total. The van der Waals surface area contributed by atoms with Crippen LogP contribution in [0.4, 0.5) is 18.9 Å². The Morgan fingerprint density at radius 3 is 2.63 bits per heavy atom. The molecule has 0 radical (unpaired) electrons. The third-order valence-electron chi connectivity index (χ3n) is 3.77. The van der Waals surface area contributed by atoms with Gasteiger partial charge in [0.05, 0.1) is 37.0 Å². The first-order chi connectivity index (χ1) is 14.0. The normalized spacial score (nSPS) is 11.6. The third kappa shape index (κ3) is 4.55. The predicted molar refractivity (Wildman–Crippen MR) is 108 cm³/mol. The van der Waals surface area contributed by atoms with Gasteiger partial charge in [-0.15, -0.1) is 23.1 Å². The van der Waals surface area contributed by atoms with Crippen molar-refractivity contribution in [3.63, 3.8) is 0 Å². The molecule has 0 unspecified atom stereocenters. The van der Waals surface area contributed by atoms with E-state index in [4.69, 9.17) is 17.3 Å². The molecule has 30 heavy (non-hydrogen) atoms. The van der Waals surface area contributed by atoms with Crippen LogP contribution in [0.15, 0.2) is 33.3 Å². The summed E-state index contributed by atoms with van der Waals surface area (Å²) in [6.07, 6.45) is -4.70. The second-order valence-corrected chi connectivity index (χ2v) is 8.58. The van der Waals surface area contributed by atoms with Crippen molar-refractivity contribution in [3.8, 4) is 5.75 Å². The minimum atomic E-state index is -4.70. The maximum absolute atomic E-state index is 13.1. The number of primary amides is 1. The first-order valence-electron chi connectivity index (χ1n) is 7.95. The van der Waals surface area contributed by atoms with Crippen molar-refractivity contribution in [2.45, 2.75) is 10.4 Å². The Hall–Kier alpha value is -2.70. The van der Waals surface area contributed by atoms with Crippen LogP contribution in [-0.4, -0.2) is 27.7 Å². The lowest BCUT2D eigenvalue weighted by Crippen LogP contribution is -2.18. The van der Waals surface area contributed by atoms with E-state index >= 15 is 0 Å². The van der Waals surface area contributed by atoms with E-state index in [-0.39, 0.29) is 36.5 Å². The van der Waals surface area contributed by atoms with E-state index in [9.17, 15) is 32.7 Å². The van der Waals surface area contributed by atoms with Gasteiger partial charge in [0.25, 0.3) is 11.5 Å². The molecule has 3 aromatic rings. The highest BCUT2D eigenvalue weighted by Gasteiger charge is 2.34. The number of carbonyl (C=O) groups is 2. The highest BCUT2D eigenvalue weighted by atomic mass is 35.5. The molecular formula is C17H11ClF3N3O4S2. The molecule has 0 aliphatic rings. The minimum absolute atomic E-state index is 0.00547. The van der Waals surface area contributed by atoms with Gasteiger partial charge in [-0.25, -0.2) is 0 Å². The number of nitrogens with one attached hydrogen (secondary N) is 2. The first-order valence-corrected chi connectivity index (χ1v) is 10.1. The number of amides is 2. The molecule has 0 spiro atoms. The number of benzene rings is 1. The Bertz CT molecular complexity index is 1220. The van der Waals surface area contributed by atoms with Crippen LogP contribution in [0.5, 0.6) is 5.75 Å². The predicted octanol–water partition coefficient (Wildman–Crippen LogP) is 3.80. The van der Waals surface area contributed by atoms with Gasteiger partial charge in [0, 0.05) is 11.1 Å². The highest BCUT2D eigenvalue weighted by molar-refractivity contribution is 8.02. The van der Waals surface area contributed by atoms with E-state index in [2.05, 4.69) is 10.3 Å². The summed E-state index contributed by atoms with van der Waals surface area (Å²) in [6.45, 7) is 0. The fourth-order valence-electron chi connectivity index (χ4n) is 2.57. The van der Waals surface area contributed by atoms with Crippen LogP contribution in [0.2, 0.25) is 5.02 Å². The number of alkyl halides is 3. The molecule has 1 aromatic carbocycles. The van der Waals surface area contributed by atoms with E-state index in [1.807, 2.05) is 0 Å². The zero-order valence-corrected chi connectivity index (χ0v) is 17.0. The fourth-order valence-corrected chi connectivity index (χ4v) is 4.99. The molecule has 7 nitrogen and oxygen atoms in total. The van der Waals surface area contributed by atoms with Gasteiger partial charge in [-0.1, -0.05) is 11.6 Å². The lowest BCUT2D eigenvalue weighted by Gasteiger charge is -2.14. The summed E-state index contributed by atoms with van der Waals surface area (Å²) in [7, 11) is 0. The van der Waals surface area contributed by atoms with Gasteiger partial charge in [-0.2, -0.15) is 13.2 Å². The second-order valence-electron chi connectivity index (χ2n) is 5.88.